The van der Waals surface area contributed by atoms with Crippen LogP contribution in [0.25, 0.3) is 0 Å². The molecule has 2 rings (SSSR count). The van der Waals surface area contributed by atoms with E-state index in [2.05, 4.69) is 0 Å². The van der Waals surface area contributed by atoms with E-state index in [1.807, 2.05) is 6.07 Å². The predicted octanol–water partition coefficient (Wildman–Crippen LogP) is 2.23. The molecule has 0 heterocycles. The third kappa shape index (κ3) is 2.96. The fourth-order valence-corrected chi connectivity index (χ4v) is 2.16. The quantitative estimate of drug-likeness (QED) is 0.876. The SMILES string of the molecule is COc1ccc(COC2CCCC2N)cc1F. The number of hydrogen-bond acceptors (Lipinski definition) is 3. The van der Waals surface area contributed by atoms with Gasteiger partial charge >= 0.3 is 0 Å². The molecule has 1 aromatic rings. The molecule has 0 saturated heterocycles. The Kier molecular flexibility index (Phi) is 3.97. The highest BCUT2D eigenvalue weighted by molar-refractivity contribution is 5.28. The Morgan fingerprint density at radius 3 is 2.82 bits per heavy atom. The largest absolute Gasteiger partial charge is 0.494 e. The summed E-state index contributed by atoms with van der Waals surface area (Å²) in [6.07, 6.45) is 3.24. The van der Waals surface area contributed by atoms with Gasteiger partial charge in [-0.05, 0) is 37.0 Å². The standard InChI is InChI=1S/C13H18FNO2/c1-16-12-6-5-9(7-10(12)14)8-17-13-4-2-3-11(13)15/h5-7,11,13H,2-4,8,15H2,1H3. The summed E-state index contributed by atoms with van der Waals surface area (Å²) in [7, 11) is 1.45. The van der Waals surface area contributed by atoms with Gasteiger partial charge in [0.2, 0.25) is 0 Å². The Hall–Kier alpha value is -1.13. The number of hydrogen-bond donors (Lipinski definition) is 1. The van der Waals surface area contributed by atoms with E-state index in [0.717, 1.165) is 24.8 Å². The van der Waals surface area contributed by atoms with Crippen molar-refractivity contribution in [2.75, 3.05) is 7.11 Å². The Morgan fingerprint density at radius 1 is 1.41 bits per heavy atom. The maximum absolute atomic E-state index is 13.4. The molecule has 0 radical (unpaired) electrons. The van der Waals surface area contributed by atoms with Crippen LogP contribution in [0, 0.1) is 5.82 Å². The molecule has 94 valence electrons. The second-order valence-electron chi connectivity index (χ2n) is 4.41. The number of benzene rings is 1. The monoisotopic (exact) mass is 239 g/mol. The van der Waals surface area contributed by atoms with Crippen molar-refractivity contribution in [2.24, 2.45) is 5.73 Å². The molecular formula is C13H18FNO2. The van der Waals surface area contributed by atoms with Gasteiger partial charge in [-0.15, -0.1) is 0 Å². The van der Waals surface area contributed by atoms with Gasteiger partial charge in [0.05, 0.1) is 19.8 Å². The Morgan fingerprint density at radius 2 is 2.24 bits per heavy atom. The Labute approximate surface area is 101 Å². The fraction of sp³-hybridized carbons (Fsp3) is 0.538. The van der Waals surface area contributed by atoms with Crippen molar-refractivity contribution in [3.8, 4) is 5.75 Å². The van der Waals surface area contributed by atoms with E-state index in [-0.39, 0.29) is 23.7 Å². The second-order valence-corrected chi connectivity index (χ2v) is 4.41. The summed E-state index contributed by atoms with van der Waals surface area (Å²) in [5.41, 5.74) is 6.71. The minimum absolute atomic E-state index is 0.111. The molecule has 1 aliphatic rings. The van der Waals surface area contributed by atoms with Gasteiger partial charge in [0.1, 0.15) is 0 Å². The summed E-state index contributed by atoms with van der Waals surface area (Å²) in [4.78, 5) is 0. The average Bonchev–Trinajstić information content (AvgIpc) is 2.72. The van der Waals surface area contributed by atoms with E-state index in [0.29, 0.717) is 6.61 Å². The van der Waals surface area contributed by atoms with Crippen molar-refractivity contribution in [1.29, 1.82) is 0 Å². The first-order chi connectivity index (χ1) is 8.20. The van der Waals surface area contributed by atoms with Gasteiger partial charge in [-0.3, -0.25) is 0 Å². The summed E-state index contributed by atoms with van der Waals surface area (Å²) < 4.78 is 24.0. The van der Waals surface area contributed by atoms with Gasteiger partial charge in [0.15, 0.2) is 11.6 Å². The zero-order valence-electron chi connectivity index (χ0n) is 9.99. The summed E-state index contributed by atoms with van der Waals surface area (Å²) in [6, 6.07) is 4.99. The molecule has 3 nitrogen and oxygen atoms in total. The molecule has 0 amide bonds. The third-order valence-electron chi connectivity index (χ3n) is 3.18. The van der Waals surface area contributed by atoms with Crippen LogP contribution >= 0.6 is 0 Å². The van der Waals surface area contributed by atoms with Crippen LogP contribution in [-0.2, 0) is 11.3 Å². The summed E-state index contributed by atoms with van der Waals surface area (Å²) in [6.45, 7) is 0.402. The zero-order chi connectivity index (χ0) is 12.3. The number of nitrogens with two attached hydrogens (primary N) is 1. The molecule has 2 atom stereocenters. The lowest BCUT2D eigenvalue weighted by Gasteiger charge is -2.16. The van der Waals surface area contributed by atoms with Gasteiger partial charge in [0, 0.05) is 6.04 Å². The molecule has 0 aromatic heterocycles. The van der Waals surface area contributed by atoms with Crippen LogP contribution in [-0.4, -0.2) is 19.3 Å². The van der Waals surface area contributed by atoms with Crippen molar-refractivity contribution < 1.29 is 13.9 Å². The van der Waals surface area contributed by atoms with Gasteiger partial charge in [-0.2, -0.15) is 0 Å². The molecule has 17 heavy (non-hydrogen) atoms. The molecular weight excluding hydrogens is 221 g/mol. The minimum atomic E-state index is -0.357. The summed E-state index contributed by atoms with van der Waals surface area (Å²) in [5.74, 6) is -0.101. The molecule has 4 heteroatoms. The molecule has 2 unspecified atom stereocenters. The number of halogens is 1. The van der Waals surface area contributed by atoms with Crippen molar-refractivity contribution in [2.45, 2.75) is 38.0 Å². The van der Waals surface area contributed by atoms with Crippen molar-refractivity contribution in [3.63, 3.8) is 0 Å². The zero-order valence-corrected chi connectivity index (χ0v) is 9.99. The summed E-state index contributed by atoms with van der Waals surface area (Å²) >= 11 is 0. The lowest BCUT2D eigenvalue weighted by Crippen LogP contribution is -2.31. The van der Waals surface area contributed by atoms with Crippen LogP contribution < -0.4 is 10.5 Å². The van der Waals surface area contributed by atoms with Gasteiger partial charge in [-0.1, -0.05) is 6.07 Å². The van der Waals surface area contributed by atoms with Crippen LogP contribution in [0.1, 0.15) is 24.8 Å². The smallest absolute Gasteiger partial charge is 0.165 e. The highest BCUT2D eigenvalue weighted by Crippen LogP contribution is 2.23. The highest BCUT2D eigenvalue weighted by atomic mass is 19.1. The average molecular weight is 239 g/mol. The van der Waals surface area contributed by atoms with Crippen LogP contribution in [0.15, 0.2) is 18.2 Å². The van der Waals surface area contributed by atoms with Crippen LogP contribution in [0.3, 0.4) is 0 Å². The maximum Gasteiger partial charge on any atom is 0.165 e. The Bertz CT molecular complexity index is 384. The van der Waals surface area contributed by atoms with Crippen molar-refractivity contribution in [3.05, 3.63) is 29.6 Å². The molecule has 2 N–H and O–H groups in total. The van der Waals surface area contributed by atoms with Crippen LogP contribution in [0.4, 0.5) is 4.39 Å². The lowest BCUT2D eigenvalue weighted by atomic mass is 10.2. The van der Waals surface area contributed by atoms with E-state index in [9.17, 15) is 4.39 Å². The van der Waals surface area contributed by atoms with Gasteiger partial charge in [-0.25, -0.2) is 4.39 Å². The number of methoxy groups -OCH3 is 1. The first-order valence-electron chi connectivity index (χ1n) is 5.90. The topological polar surface area (TPSA) is 44.5 Å². The van der Waals surface area contributed by atoms with E-state index in [4.69, 9.17) is 15.2 Å². The minimum Gasteiger partial charge on any atom is -0.494 e. The normalized spacial score (nSPS) is 23.9. The molecule has 1 saturated carbocycles. The van der Waals surface area contributed by atoms with E-state index < -0.39 is 0 Å². The first-order valence-corrected chi connectivity index (χ1v) is 5.90. The predicted molar refractivity (Wildman–Crippen MR) is 63.4 cm³/mol. The maximum atomic E-state index is 13.4. The molecule has 1 aromatic carbocycles. The number of rotatable bonds is 4. The molecule has 0 spiro atoms. The first kappa shape index (κ1) is 12.3. The lowest BCUT2D eigenvalue weighted by molar-refractivity contribution is 0.0356. The molecule has 1 aliphatic carbocycles. The third-order valence-corrected chi connectivity index (χ3v) is 3.18. The molecule has 1 fully saturated rings. The Balaban J connectivity index is 1.92. The molecule has 0 bridgehead atoms. The van der Waals surface area contributed by atoms with E-state index >= 15 is 0 Å². The van der Waals surface area contributed by atoms with E-state index in [1.165, 1.54) is 13.2 Å². The highest BCUT2D eigenvalue weighted by Gasteiger charge is 2.24. The fourth-order valence-electron chi connectivity index (χ4n) is 2.16. The molecule has 0 aliphatic heterocycles. The second kappa shape index (κ2) is 5.47. The van der Waals surface area contributed by atoms with Crippen LogP contribution in [0.2, 0.25) is 0 Å². The van der Waals surface area contributed by atoms with E-state index in [1.54, 1.807) is 6.07 Å². The van der Waals surface area contributed by atoms with Crippen molar-refractivity contribution >= 4 is 0 Å². The number of ether oxygens (including phenoxy) is 2. The van der Waals surface area contributed by atoms with Crippen molar-refractivity contribution in [1.82, 2.24) is 0 Å². The van der Waals surface area contributed by atoms with Crippen LogP contribution in [0.5, 0.6) is 5.75 Å². The van der Waals surface area contributed by atoms with Gasteiger partial charge < -0.3 is 15.2 Å². The summed E-state index contributed by atoms with van der Waals surface area (Å²) in [5, 5.41) is 0. The van der Waals surface area contributed by atoms with Gasteiger partial charge in [0.25, 0.3) is 0 Å².